The molecule has 0 saturated heterocycles. The SMILES string of the molecule is O=S(=O)(c1ccc(Cl)cc1)N1CCc2ccccc2C1c1ccccc1. The molecule has 0 radical (unpaired) electrons. The van der Waals surface area contributed by atoms with Gasteiger partial charge >= 0.3 is 0 Å². The molecule has 0 amide bonds. The number of sulfonamides is 1. The summed E-state index contributed by atoms with van der Waals surface area (Å²) in [5.74, 6) is 0. The van der Waals surface area contributed by atoms with E-state index in [0.717, 1.165) is 11.1 Å². The molecule has 1 unspecified atom stereocenters. The van der Waals surface area contributed by atoms with E-state index in [2.05, 4.69) is 6.07 Å². The minimum Gasteiger partial charge on any atom is -0.207 e. The lowest BCUT2D eigenvalue weighted by molar-refractivity contribution is 0.344. The third-order valence-corrected chi connectivity index (χ3v) is 6.91. The fourth-order valence-corrected chi connectivity index (χ4v) is 5.25. The number of benzene rings is 3. The van der Waals surface area contributed by atoms with Crippen molar-refractivity contribution in [2.75, 3.05) is 6.54 Å². The predicted molar refractivity (Wildman–Crippen MR) is 104 cm³/mol. The van der Waals surface area contributed by atoms with Crippen molar-refractivity contribution in [3.63, 3.8) is 0 Å². The van der Waals surface area contributed by atoms with E-state index in [-0.39, 0.29) is 10.9 Å². The molecule has 1 atom stereocenters. The maximum absolute atomic E-state index is 13.4. The Morgan fingerprint density at radius 3 is 2.23 bits per heavy atom. The van der Waals surface area contributed by atoms with Gasteiger partial charge in [-0.1, -0.05) is 66.2 Å². The molecule has 5 heteroatoms. The van der Waals surface area contributed by atoms with Crippen molar-refractivity contribution in [2.24, 2.45) is 0 Å². The molecule has 0 saturated carbocycles. The van der Waals surface area contributed by atoms with E-state index in [1.165, 1.54) is 5.56 Å². The quantitative estimate of drug-likeness (QED) is 0.658. The fraction of sp³-hybridized carbons (Fsp3) is 0.143. The first-order valence-electron chi connectivity index (χ1n) is 8.47. The van der Waals surface area contributed by atoms with Crippen LogP contribution >= 0.6 is 11.6 Å². The van der Waals surface area contributed by atoms with Crippen LogP contribution in [0.15, 0.2) is 83.8 Å². The number of fused-ring (bicyclic) bond motifs is 1. The Balaban J connectivity index is 1.86. The summed E-state index contributed by atoms with van der Waals surface area (Å²) in [6, 6.07) is 23.9. The molecule has 0 fully saturated rings. The average molecular weight is 384 g/mol. The molecule has 0 N–H and O–H groups in total. The van der Waals surface area contributed by atoms with Gasteiger partial charge in [0.2, 0.25) is 10.0 Å². The van der Waals surface area contributed by atoms with Crippen LogP contribution in [0.25, 0.3) is 0 Å². The normalized spacial score (nSPS) is 17.7. The van der Waals surface area contributed by atoms with Gasteiger partial charge in [-0.25, -0.2) is 8.42 Å². The Morgan fingerprint density at radius 2 is 1.50 bits per heavy atom. The molecule has 132 valence electrons. The van der Waals surface area contributed by atoms with E-state index in [1.54, 1.807) is 28.6 Å². The van der Waals surface area contributed by atoms with Crippen LogP contribution in [0, 0.1) is 0 Å². The van der Waals surface area contributed by atoms with Crippen molar-refractivity contribution in [1.29, 1.82) is 0 Å². The molecular formula is C21H18ClNO2S. The number of halogens is 1. The van der Waals surface area contributed by atoms with Crippen molar-refractivity contribution >= 4 is 21.6 Å². The van der Waals surface area contributed by atoms with E-state index in [9.17, 15) is 8.42 Å². The van der Waals surface area contributed by atoms with Crippen molar-refractivity contribution < 1.29 is 8.42 Å². The summed E-state index contributed by atoms with van der Waals surface area (Å²) in [5.41, 5.74) is 3.21. The second-order valence-corrected chi connectivity index (χ2v) is 8.66. The topological polar surface area (TPSA) is 37.4 Å². The van der Waals surface area contributed by atoms with Crippen LogP contribution in [0.4, 0.5) is 0 Å². The van der Waals surface area contributed by atoms with Crippen molar-refractivity contribution in [2.45, 2.75) is 17.4 Å². The molecular weight excluding hydrogens is 366 g/mol. The first-order valence-corrected chi connectivity index (χ1v) is 10.3. The highest BCUT2D eigenvalue weighted by Gasteiger charge is 2.37. The minimum absolute atomic E-state index is 0.266. The van der Waals surface area contributed by atoms with Crippen molar-refractivity contribution in [1.82, 2.24) is 4.31 Å². The van der Waals surface area contributed by atoms with Crippen LogP contribution in [0.2, 0.25) is 5.02 Å². The van der Waals surface area contributed by atoms with Gasteiger partial charge in [-0.2, -0.15) is 4.31 Å². The molecule has 3 nitrogen and oxygen atoms in total. The maximum atomic E-state index is 13.4. The van der Waals surface area contributed by atoms with E-state index < -0.39 is 10.0 Å². The highest BCUT2D eigenvalue weighted by Crippen LogP contribution is 2.38. The Hall–Kier alpha value is -2.14. The van der Waals surface area contributed by atoms with Gasteiger partial charge in [0.15, 0.2) is 0 Å². The van der Waals surface area contributed by atoms with Gasteiger partial charge < -0.3 is 0 Å². The van der Waals surface area contributed by atoms with Crippen LogP contribution in [0.5, 0.6) is 0 Å². The molecule has 3 aromatic carbocycles. The Bertz CT molecular complexity index is 1020. The minimum atomic E-state index is -3.64. The molecule has 0 aromatic heterocycles. The third-order valence-electron chi connectivity index (χ3n) is 4.77. The molecule has 4 rings (SSSR count). The Labute approximate surface area is 158 Å². The molecule has 1 aliphatic rings. The van der Waals surface area contributed by atoms with Gasteiger partial charge in [-0.15, -0.1) is 0 Å². The Kier molecular flexibility index (Phi) is 4.57. The number of nitrogens with zero attached hydrogens (tertiary/aromatic N) is 1. The van der Waals surface area contributed by atoms with Crippen molar-refractivity contribution in [3.8, 4) is 0 Å². The van der Waals surface area contributed by atoms with Crippen LogP contribution < -0.4 is 0 Å². The summed E-state index contributed by atoms with van der Waals surface area (Å²) < 4.78 is 28.4. The van der Waals surface area contributed by atoms with Gasteiger partial charge in [0, 0.05) is 11.6 Å². The largest absolute Gasteiger partial charge is 0.243 e. The van der Waals surface area contributed by atoms with Crippen LogP contribution in [0.3, 0.4) is 0 Å². The van der Waals surface area contributed by atoms with Crippen LogP contribution in [0.1, 0.15) is 22.7 Å². The predicted octanol–water partition coefficient (Wildman–Crippen LogP) is 4.68. The standard InChI is InChI=1S/C21H18ClNO2S/c22-18-10-12-19(13-11-18)26(24,25)23-15-14-16-6-4-5-9-20(16)21(23)17-7-2-1-3-8-17/h1-13,21H,14-15H2. The Morgan fingerprint density at radius 1 is 0.846 bits per heavy atom. The molecule has 26 heavy (non-hydrogen) atoms. The van der Waals surface area contributed by atoms with Gasteiger partial charge in [-0.05, 0) is 47.4 Å². The molecule has 0 bridgehead atoms. The summed E-state index contributed by atoms with van der Waals surface area (Å²) >= 11 is 5.93. The van der Waals surface area contributed by atoms with Gasteiger partial charge in [-0.3, -0.25) is 0 Å². The molecule has 1 heterocycles. The van der Waals surface area contributed by atoms with E-state index in [1.807, 2.05) is 48.5 Å². The zero-order valence-corrected chi connectivity index (χ0v) is 15.6. The summed E-state index contributed by atoms with van der Waals surface area (Å²) in [5, 5.41) is 0.521. The molecule has 3 aromatic rings. The average Bonchev–Trinajstić information content (AvgIpc) is 2.68. The highest BCUT2D eigenvalue weighted by atomic mass is 35.5. The zero-order valence-electron chi connectivity index (χ0n) is 14.0. The van der Waals surface area contributed by atoms with Crippen LogP contribution in [-0.4, -0.2) is 19.3 Å². The van der Waals surface area contributed by atoms with E-state index in [4.69, 9.17) is 11.6 Å². The van der Waals surface area contributed by atoms with Crippen molar-refractivity contribution in [3.05, 3.63) is 101 Å². The van der Waals surface area contributed by atoms with E-state index >= 15 is 0 Å². The first kappa shape index (κ1) is 17.3. The zero-order chi connectivity index (χ0) is 18.1. The second-order valence-electron chi connectivity index (χ2n) is 6.33. The number of hydrogen-bond acceptors (Lipinski definition) is 2. The summed E-state index contributed by atoms with van der Waals surface area (Å²) in [6.45, 7) is 0.446. The first-order chi connectivity index (χ1) is 12.6. The second kappa shape index (κ2) is 6.88. The van der Waals surface area contributed by atoms with Gasteiger partial charge in [0.25, 0.3) is 0 Å². The van der Waals surface area contributed by atoms with Gasteiger partial charge in [0.05, 0.1) is 10.9 Å². The molecule has 1 aliphatic heterocycles. The van der Waals surface area contributed by atoms with Gasteiger partial charge in [0.1, 0.15) is 0 Å². The monoisotopic (exact) mass is 383 g/mol. The number of hydrogen-bond donors (Lipinski definition) is 0. The smallest absolute Gasteiger partial charge is 0.207 e. The summed E-state index contributed by atoms with van der Waals surface area (Å²) in [4.78, 5) is 0.266. The molecule has 0 spiro atoms. The van der Waals surface area contributed by atoms with Crippen LogP contribution in [-0.2, 0) is 16.4 Å². The summed E-state index contributed by atoms with van der Waals surface area (Å²) in [6.07, 6.45) is 0.701. The highest BCUT2D eigenvalue weighted by molar-refractivity contribution is 7.89. The number of rotatable bonds is 3. The lowest BCUT2D eigenvalue weighted by Gasteiger charge is -2.36. The molecule has 0 aliphatic carbocycles. The fourth-order valence-electron chi connectivity index (χ4n) is 3.53. The summed E-state index contributed by atoms with van der Waals surface area (Å²) in [7, 11) is -3.64. The third kappa shape index (κ3) is 3.05. The lowest BCUT2D eigenvalue weighted by Crippen LogP contribution is -2.40. The lowest BCUT2D eigenvalue weighted by atomic mass is 9.90. The van der Waals surface area contributed by atoms with E-state index in [0.29, 0.717) is 18.0 Å². The maximum Gasteiger partial charge on any atom is 0.243 e.